The van der Waals surface area contributed by atoms with E-state index in [0.717, 1.165) is 11.7 Å². The van der Waals surface area contributed by atoms with Crippen molar-refractivity contribution in [2.75, 3.05) is 0 Å². The first-order chi connectivity index (χ1) is 10.2. The average Bonchev–Trinajstić information content (AvgIpc) is 2.52. The van der Waals surface area contributed by atoms with Crippen molar-refractivity contribution >= 4 is 23.2 Å². The summed E-state index contributed by atoms with van der Waals surface area (Å²) in [5.41, 5.74) is 1.26. The molecule has 4 nitrogen and oxygen atoms in total. The van der Waals surface area contributed by atoms with E-state index in [1.54, 1.807) is 18.2 Å². The van der Waals surface area contributed by atoms with Gasteiger partial charge in [-0.15, -0.1) is 0 Å². The van der Waals surface area contributed by atoms with Crippen LogP contribution in [0.1, 0.15) is 40.3 Å². The zero-order valence-electron chi connectivity index (χ0n) is 13.3. The topological polar surface area (TPSA) is 56.3 Å². The highest BCUT2D eigenvalue weighted by Gasteiger charge is 2.06. The van der Waals surface area contributed by atoms with E-state index in [9.17, 15) is 9.59 Å². The van der Waals surface area contributed by atoms with E-state index in [1.165, 1.54) is 6.92 Å². The summed E-state index contributed by atoms with van der Waals surface area (Å²) in [7, 11) is 0. The van der Waals surface area contributed by atoms with Crippen LogP contribution in [0, 0.1) is 0 Å². The summed E-state index contributed by atoms with van der Waals surface area (Å²) in [6.45, 7) is 9.34. The average molecular weight is 289 g/mol. The second kappa shape index (κ2) is 10.5. The van der Waals surface area contributed by atoms with Gasteiger partial charge in [-0.3, -0.25) is 4.79 Å². The molecule has 2 rings (SSSR count). The van der Waals surface area contributed by atoms with Gasteiger partial charge in [0.15, 0.2) is 5.75 Å². The number of carbonyl (C=O) groups is 2. The van der Waals surface area contributed by atoms with Crippen LogP contribution in [-0.2, 0) is 16.0 Å². The number of aromatic nitrogens is 1. The van der Waals surface area contributed by atoms with Crippen LogP contribution < -0.4 is 4.74 Å². The van der Waals surface area contributed by atoms with E-state index < -0.39 is 0 Å². The molecule has 2 aromatic rings. The molecule has 0 fully saturated rings. The fourth-order valence-corrected chi connectivity index (χ4v) is 1.60. The van der Waals surface area contributed by atoms with Crippen LogP contribution in [0.25, 0.3) is 10.9 Å². The molecule has 0 bridgehead atoms. The van der Waals surface area contributed by atoms with Gasteiger partial charge in [0, 0.05) is 24.4 Å². The van der Waals surface area contributed by atoms with E-state index in [0.29, 0.717) is 17.0 Å². The number of hydrogen-bond donors (Lipinski definition) is 0. The standard InChI is InChI=1S/C13H11NO3.2C2H6/c1-9(16)17-12-4-2-3-10-5-6-11(7-8-15)14-13(10)12;2*1-2/h2-6,8H,7H2,1H3;2*1-2H3. The van der Waals surface area contributed by atoms with Gasteiger partial charge < -0.3 is 9.53 Å². The maximum Gasteiger partial charge on any atom is 0.308 e. The summed E-state index contributed by atoms with van der Waals surface area (Å²) in [6, 6.07) is 8.99. The predicted octanol–water partition coefficient (Wildman–Crippen LogP) is 3.95. The molecule has 0 atom stereocenters. The van der Waals surface area contributed by atoms with E-state index in [4.69, 9.17) is 4.74 Å². The fourth-order valence-electron chi connectivity index (χ4n) is 1.60. The third kappa shape index (κ3) is 5.73. The molecule has 0 N–H and O–H groups in total. The Labute approximate surface area is 126 Å². The van der Waals surface area contributed by atoms with E-state index >= 15 is 0 Å². The molecule has 1 heterocycles. The van der Waals surface area contributed by atoms with Crippen LogP contribution in [0.4, 0.5) is 0 Å². The van der Waals surface area contributed by atoms with Crippen LogP contribution in [0.5, 0.6) is 5.75 Å². The maximum atomic E-state index is 11.0. The van der Waals surface area contributed by atoms with Gasteiger partial charge in [-0.2, -0.15) is 0 Å². The summed E-state index contributed by atoms with van der Waals surface area (Å²) >= 11 is 0. The van der Waals surface area contributed by atoms with Gasteiger partial charge in [0.1, 0.15) is 11.8 Å². The van der Waals surface area contributed by atoms with Crippen molar-refractivity contribution in [3.63, 3.8) is 0 Å². The molecular formula is C17H23NO3. The minimum atomic E-state index is -0.389. The predicted molar refractivity (Wildman–Crippen MR) is 85.5 cm³/mol. The van der Waals surface area contributed by atoms with Gasteiger partial charge in [-0.1, -0.05) is 45.9 Å². The van der Waals surface area contributed by atoms with Gasteiger partial charge in [0.25, 0.3) is 0 Å². The number of nitrogens with zero attached hydrogens (tertiary/aromatic N) is 1. The Morgan fingerprint density at radius 1 is 1.14 bits per heavy atom. The van der Waals surface area contributed by atoms with Crippen LogP contribution in [-0.4, -0.2) is 17.2 Å². The van der Waals surface area contributed by atoms with Gasteiger partial charge in [0.2, 0.25) is 0 Å². The Bertz CT molecular complexity index is 579. The lowest BCUT2D eigenvalue weighted by atomic mass is 10.1. The number of hydrogen-bond acceptors (Lipinski definition) is 4. The lowest BCUT2D eigenvalue weighted by molar-refractivity contribution is -0.131. The Morgan fingerprint density at radius 3 is 2.38 bits per heavy atom. The molecule has 0 radical (unpaired) electrons. The van der Waals surface area contributed by atoms with Crippen molar-refractivity contribution in [1.29, 1.82) is 0 Å². The molecule has 0 aliphatic heterocycles. The van der Waals surface area contributed by atoms with Gasteiger partial charge in [0.05, 0.1) is 0 Å². The minimum Gasteiger partial charge on any atom is -0.424 e. The van der Waals surface area contributed by atoms with Gasteiger partial charge in [-0.05, 0) is 12.1 Å². The molecule has 0 aliphatic rings. The largest absolute Gasteiger partial charge is 0.424 e. The number of aldehydes is 1. The van der Waals surface area contributed by atoms with Gasteiger partial charge in [-0.25, -0.2) is 4.98 Å². The van der Waals surface area contributed by atoms with Crippen molar-refractivity contribution < 1.29 is 14.3 Å². The second-order valence-corrected chi connectivity index (χ2v) is 3.59. The maximum absolute atomic E-state index is 11.0. The first kappa shape index (κ1) is 18.8. The number of benzene rings is 1. The molecule has 0 saturated heterocycles. The van der Waals surface area contributed by atoms with Crippen LogP contribution in [0.3, 0.4) is 0 Å². The Hall–Kier alpha value is -2.23. The smallest absolute Gasteiger partial charge is 0.308 e. The summed E-state index contributed by atoms with van der Waals surface area (Å²) in [5.74, 6) is 0.0304. The van der Waals surface area contributed by atoms with Crippen molar-refractivity contribution in [2.45, 2.75) is 41.0 Å². The second-order valence-electron chi connectivity index (χ2n) is 3.59. The van der Waals surface area contributed by atoms with E-state index in [-0.39, 0.29) is 12.4 Å². The molecule has 1 aromatic carbocycles. The third-order valence-corrected chi connectivity index (χ3v) is 2.29. The van der Waals surface area contributed by atoms with Crippen LogP contribution >= 0.6 is 0 Å². The van der Waals surface area contributed by atoms with Crippen LogP contribution in [0.2, 0.25) is 0 Å². The lowest BCUT2D eigenvalue weighted by Crippen LogP contribution is -2.03. The Morgan fingerprint density at radius 2 is 1.81 bits per heavy atom. The summed E-state index contributed by atoms with van der Waals surface area (Å²) < 4.78 is 5.07. The molecule has 4 heteroatoms. The van der Waals surface area contributed by atoms with E-state index in [1.807, 2.05) is 39.8 Å². The highest BCUT2D eigenvalue weighted by atomic mass is 16.5. The quantitative estimate of drug-likeness (QED) is 0.487. The highest BCUT2D eigenvalue weighted by molar-refractivity contribution is 5.87. The summed E-state index contributed by atoms with van der Waals surface area (Å²) in [6.07, 6.45) is 1.05. The molecule has 0 spiro atoms. The van der Waals surface area contributed by atoms with Crippen molar-refractivity contribution in [2.24, 2.45) is 0 Å². The molecule has 21 heavy (non-hydrogen) atoms. The zero-order chi connectivity index (χ0) is 16.3. The number of para-hydroxylation sites is 1. The van der Waals surface area contributed by atoms with E-state index in [2.05, 4.69) is 4.98 Å². The normalized spacial score (nSPS) is 8.81. The molecule has 1 aromatic heterocycles. The highest BCUT2D eigenvalue weighted by Crippen LogP contribution is 2.24. The van der Waals surface area contributed by atoms with Gasteiger partial charge >= 0.3 is 5.97 Å². The molecule has 0 saturated carbocycles. The number of carbonyl (C=O) groups excluding carboxylic acids is 2. The van der Waals surface area contributed by atoms with Crippen LogP contribution in [0.15, 0.2) is 30.3 Å². The van der Waals surface area contributed by atoms with Crippen molar-refractivity contribution in [1.82, 2.24) is 4.98 Å². The number of esters is 1. The number of fused-ring (bicyclic) bond motifs is 1. The third-order valence-electron chi connectivity index (χ3n) is 2.29. The number of rotatable bonds is 3. The van der Waals surface area contributed by atoms with Crippen molar-refractivity contribution in [3.8, 4) is 5.75 Å². The fraction of sp³-hybridized carbons (Fsp3) is 0.353. The molecule has 0 aliphatic carbocycles. The first-order valence-corrected chi connectivity index (χ1v) is 7.21. The zero-order valence-corrected chi connectivity index (χ0v) is 13.3. The monoisotopic (exact) mass is 289 g/mol. The lowest BCUT2D eigenvalue weighted by Gasteiger charge is -2.06. The summed E-state index contributed by atoms with van der Waals surface area (Å²) in [4.78, 5) is 25.7. The Kier molecular flexibility index (Phi) is 9.43. The number of pyridine rings is 1. The summed E-state index contributed by atoms with van der Waals surface area (Å²) in [5, 5.41) is 0.874. The minimum absolute atomic E-state index is 0.254. The van der Waals surface area contributed by atoms with Crippen molar-refractivity contribution in [3.05, 3.63) is 36.0 Å². The molecule has 0 amide bonds. The number of ether oxygens (including phenoxy) is 1. The Balaban J connectivity index is 0.000000921. The SMILES string of the molecule is CC.CC.CC(=O)Oc1cccc2ccc(CC=O)nc12. The molecule has 114 valence electrons. The molecule has 0 unspecified atom stereocenters. The molecular weight excluding hydrogens is 266 g/mol. The first-order valence-electron chi connectivity index (χ1n) is 7.21.